The summed E-state index contributed by atoms with van der Waals surface area (Å²) >= 11 is 0. The van der Waals surface area contributed by atoms with E-state index in [2.05, 4.69) is 15.2 Å². The number of nitrogens with one attached hydrogen (secondary N) is 1. The van der Waals surface area contributed by atoms with Gasteiger partial charge in [-0.05, 0) is 62.4 Å². The summed E-state index contributed by atoms with van der Waals surface area (Å²) < 4.78 is 27.2. The molecule has 2 saturated heterocycles. The number of hydrogen-bond donors (Lipinski definition) is 1. The molecule has 166 valence electrons. The Bertz CT molecular complexity index is 1010. The number of carbonyl (C=O) groups excluding carboxylic acids is 1. The quantitative estimate of drug-likeness (QED) is 0.744. The Hall–Kier alpha value is -2.45. The van der Waals surface area contributed by atoms with Crippen LogP contribution in [0.5, 0.6) is 0 Å². The monoisotopic (exact) mass is 442 g/mol. The van der Waals surface area contributed by atoms with Crippen molar-refractivity contribution in [3.63, 3.8) is 0 Å². The summed E-state index contributed by atoms with van der Waals surface area (Å²) in [6.07, 6.45) is 5.25. The summed E-state index contributed by atoms with van der Waals surface area (Å²) in [5.74, 6) is 0.801. The Labute approximate surface area is 184 Å². The molecule has 2 aliphatic rings. The van der Waals surface area contributed by atoms with E-state index in [9.17, 15) is 13.2 Å². The molecule has 1 aromatic heterocycles. The Kier molecular flexibility index (Phi) is 6.57. The molecule has 0 radical (unpaired) electrons. The Morgan fingerprint density at radius 3 is 2.42 bits per heavy atom. The number of benzene rings is 1. The number of carbonyl (C=O) groups is 1. The SMILES string of the molecule is Cc1ccc(S(=O)(=O)N2CCC(C(=O)NCc3ccnc(N4CCCC4)c3)CC2)cc1. The van der Waals surface area contributed by atoms with Crippen molar-refractivity contribution in [1.29, 1.82) is 0 Å². The number of pyridine rings is 1. The molecule has 7 nitrogen and oxygen atoms in total. The van der Waals surface area contributed by atoms with Crippen LogP contribution in [-0.4, -0.2) is 49.8 Å². The van der Waals surface area contributed by atoms with Gasteiger partial charge in [-0.25, -0.2) is 13.4 Å². The van der Waals surface area contributed by atoms with Gasteiger partial charge in [-0.15, -0.1) is 0 Å². The largest absolute Gasteiger partial charge is 0.357 e. The summed E-state index contributed by atoms with van der Waals surface area (Å²) in [5.41, 5.74) is 2.06. The van der Waals surface area contributed by atoms with Crippen LogP contribution in [0.1, 0.15) is 36.8 Å². The maximum atomic E-state index is 12.8. The third-order valence-electron chi connectivity index (χ3n) is 6.19. The molecule has 2 aromatic rings. The normalized spacial score (nSPS) is 18.3. The van der Waals surface area contributed by atoms with E-state index < -0.39 is 10.0 Å². The molecule has 8 heteroatoms. The molecular formula is C23H30N4O3S. The van der Waals surface area contributed by atoms with Crippen LogP contribution in [0.2, 0.25) is 0 Å². The highest BCUT2D eigenvalue weighted by Crippen LogP contribution is 2.24. The predicted molar refractivity (Wildman–Crippen MR) is 120 cm³/mol. The lowest BCUT2D eigenvalue weighted by Gasteiger charge is -2.30. The first-order valence-corrected chi connectivity index (χ1v) is 12.4. The second kappa shape index (κ2) is 9.36. The second-order valence-electron chi connectivity index (χ2n) is 8.43. The molecule has 1 N–H and O–H groups in total. The number of amides is 1. The fourth-order valence-electron chi connectivity index (χ4n) is 4.24. The van der Waals surface area contributed by atoms with Crippen molar-refractivity contribution in [1.82, 2.24) is 14.6 Å². The highest BCUT2D eigenvalue weighted by Gasteiger charge is 2.32. The molecule has 1 aromatic carbocycles. The standard InChI is InChI=1S/C23H30N4O3S/c1-18-4-6-21(7-5-18)31(29,30)27-14-9-20(10-15-27)23(28)25-17-19-8-11-24-22(16-19)26-12-2-3-13-26/h4-8,11,16,20H,2-3,9-10,12-15,17H2,1H3,(H,25,28). The van der Waals surface area contributed by atoms with Crippen molar-refractivity contribution < 1.29 is 13.2 Å². The summed E-state index contributed by atoms with van der Waals surface area (Å²) in [7, 11) is -3.51. The molecule has 0 unspecified atom stereocenters. The molecule has 0 atom stereocenters. The minimum Gasteiger partial charge on any atom is -0.357 e. The summed E-state index contributed by atoms with van der Waals surface area (Å²) in [4.78, 5) is 19.7. The number of hydrogen-bond acceptors (Lipinski definition) is 5. The molecule has 2 fully saturated rings. The molecule has 0 aliphatic carbocycles. The van der Waals surface area contributed by atoms with Gasteiger partial charge in [0.1, 0.15) is 5.82 Å². The van der Waals surface area contributed by atoms with Gasteiger partial charge < -0.3 is 10.2 Å². The molecule has 3 heterocycles. The minimum absolute atomic E-state index is 0.00748. The number of aryl methyl sites for hydroxylation is 1. The number of anilines is 1. The molecule has 4 rings (SSSR count). The lowest BCUT2D eigenvalue weighted by atomic mass is 9.97. The number of sulfonamides is 1. The van der Waals surface area contributed by atoms with Crippen molar-refractivity contribution in [3.05, 3.63) is 53.7 Å². The molecular weight excluding hydrogens is 412 g/mol. The van der Waals surface area contributed by atoms with Crippen molar-refractivity contribution in [2.75, 3.05) is 31.1 Å². The van der Waals surface area contributed by atoms with Crippen molar-refractivity contribution in [3.8, 4) is 0 Å². The maximum absolute atomic E-state index is 12.8. The topological polar surface area (TPSA) is 82.6 Å². The van der Waals surface area contributed by atoms with Gasteiger partial charge in [0.2, 0.25) is 15.9 Å². The van der Waals surface area contributed by atoms with E-state index in [1.165, 1.54) is 17.1 Å². The maximum Gasteiger partial charge on any atom is 0.243 e. The summed E-state index contributed by atoms with van der Waals surface area (Å²) in [5, 5.41) is 3.02. The molecule has 0 spiro atoms. The van der Waals surface area contributed by atoms with E-state index in [0.29, 0.717) is 37.4 Å². The van der Waals surface area contributed by atoms with Crippen molar-refractivity contribution >= 4 is 21.7 Å². The summed E-state index contributed by atoms with van der Waals surface area (Å²) in [6, 6.07) is 10.9. The number of nitrogens with zero attached hydrogens (tertiary/aromatic N) is 3. The van der Waals surface area contributed by atoms with Gasteiger partial charge in [-0.1, -0.05) is 17.7 Å². The molecule has 0 bridgehead atoms. The zero-order valence-electron chi connectivity index (χ0n) is 18.0. The first-order valence-electron chi connectivity index (χ1n) is 11.0. The van der Waals surface area contributed by atoms with Crippen LogP contribution in [0.3, 0.4) is 0 Å². The predicted octanol–water partition coefficient (Wildman–Crippen LogP) is 2.71. The van der Waals surface area contributed by atoms with E-state index in [1.54, 1.807) is 30.5 Å². The number of piperidine rings is 1. The first-order chi connectivity index (χ1) is 14.9. The van der Waals surface area contributed by atoms with E-state index in [4.69, 9.17) is 0 Å². The van der Waals surface area contributed by atoms with Gasteiger partial charge in [0.25, 0.3) is 0 Å². The zero-order valence-corrected chi connectivity index (χ0v) is 18.8. The molecule has 2 aliphatic heterocycles. The van der Waals surface area contributed by atoms with Crippen LogP contribution in [0.25, 0.3) is 0 Å². The van der Waals surface area contributed by atoms with Crippen LogP contribution in [0.4, 0.5) is 5.82 Å². The number of rotatable bonds is 6. The average molecular weight is 443 g/mol. The average Bonchev–Trinajstić information content (AvgIpc) is 3.33. The second-order valence-corrected chi connectivity index (χ2v) is 10.4. The Morgan fingerprint density at radius 2 is 1.74 bits per heavy atom. The van der Waals surface area contributed by atoms with Crippen LogP contribution >= 0.6 is 0 Å². The number of aromatic nitrogens is 1. The van der Waals surface area contributed by atoms with Crippen LogP contribution in [0, 0.1) is 12.8 Å². The molecule has 1 amide bonds. The Morgan fingerprint density at radius 1 is 1.06 bits per heavy atom. The first kappa shape index (κ1) is 21.8. The lowest BCUT2D eigenvalue weighted by molar-refractivity contribution is -0.126. The van der Waals surface area contributed by atoms with Crippen LogP contribution in [0.15, 0.2) is 47.5 Å². The fourth-order valence-corrected chi connectivity index (χ4v) is 5.71. The van der Waals surface area contributed by atoms with Gasteiger partial charge in [0, 0.05) is 44.8 Å². The van der Waals surface area contributed by atoms with E-state index in [-0.39, 0.29) is 11.8 Å². The van der Waals surface area contributed by atoms with E-state index >= 15 is 0 Å². The van der Waals surface area contributed by atoms with Crippen LogP contribution in [-0.2, 0) is 21.4 Å². The summed E-state index contributed by atoms with van der Waals surface area (Å²) in [6.45, 7) is 5.19. The van der Waals surface area contributed by atoms with Crippen molar-refractivity contribution in [2.45, 2.75) is 44.0 Å². The highest BCUT2D eigenvalue weighted by molar-refractivity contribution is 7.89. The van der Waals surface area contributed by atoms with Crippen molar-refractivity contribution in [2.24, 2.45) is 5.92 Å². The van der Waals surface area contributed by atoms with E-state index in [1.807, 2.05) is 19.1 Å². The third-order valence-corrected chi connectivity index (χ3v) is 8.10. The van der Waals surface area contributed by atoms with Gasteiger partial charge in [0.15, 0.2) is 0 Å². The van der Waals surface area contributed by atoms with Gasteiger partial charge >= 0.3 is 0 Å². The smallest absolute Gasteiger partial charge is 0.243 e. The van der Waals surface area contributed by atoms with Gasteiger partial charge in [0.05, 0.1) is 4.90 Å². The van der Waals surface area contributed by atoms with Gasteiger partial charge in [-0.3, -0.25) is 4.79 Å². The minimum atomic E-state index is -3.51. The molecule has 0 saturated carbocycles. The third kappa shape index (κ3) is 5.07. The van der Waals surface area contributed by atoms with Crippen LogP contribution < -0.4 is 10.2 Å². The highest BCUT2D eigenvalue weighted by atomic mass is 32.2. The Balaban J connectivity index is 1.29. The zero-order chi connectivity index (χ0) is 21.8. The van der Waals surface area contributed by atoms with Gasteiger partial charge in [-0.2, -0.15) is 4.31 Å². The fraction of sp³-hybridized carbons (Fsp3) is 0.478. The lowest BCUT2D eigenvalue weighted by Crippen LogP contribution is -2.42. The van der Waals surface area contributed by atoms with E-state index in [0.717, 1.165) is 30.0 Å². The molecule has 31 heavy (non-hydrogen) atoms.